The molecule has 0 unspecified atom stereocenters. The Morgan fingerprint density at radius 3 is 2.70 bits per heavy atom. The summed E-state index contributed by atoms with van der Waals surface area (Å²) in [4.78, 5) is 12.0. The van der Waals surface area contributed by atoms with Crippen molar-refractivity contribution >= 4 is 23.7 Å². The zero-order chi connectivity index (χ0) is 23.5. The SMILES string of the molecule is CC(C)CNC(=O)CCCCc1nnc(SC/C=C/c2ccccc2)n1-c1cccc(O)c1. The van der Waals surface area contributed by atoms with Crippen LogP contribution >= 0.6 is 11.8 Å². The zero-order valence-corrected chi connectivity index (χ0v) is 20.1. The minimum atomic E-state index is 0.0968. The molecule has 0 saturated heterocycles. The quantitative estimate of drug-likeness (QED) is 0.282. The molecule has 1 heterocycles. The maximum absolute atomic E-state index is 12.0. The van der Waals surface area contributed by atoms with Crippen LogP contribution in [0.4, 0.5) is 0 Å². The van der Waals surface area contributed by atoms with Crippen LogP contribution in [-0.4, -0.2) is 38.1 Å². The molecule has 2 N–H and O–H groups in total. The van der Waals surface area contributed by atoms with Crippen molar-refractivity contribution in [2.45, 2.75) is 44.7 Å². The van der Waals surface area contributed by atoms with Gasteiger partial charge in [-0.3, -0.25) is 9.36 Å². The largest absolute Gasteiger partial charge is 0.508 e. The number of nitrogens with one attached hydrogen (secondary N) is 1. The van der Waals surface area contributed by atoms with Gasteiger partial charge in [-0.2, -0.15) is 0 Å². The van der Waals surface area contributed by atoms with Crippen LogP contribution in [0.3, 0.4) is 0 Å². The molecule has 0 bridgehead atoms. The molecule has 0 fully saturated rings. The Labute approximate surface area is 200 Å². The molecule has 33 heavy (non-hydrogen) atoms. The second-order valence-electron chi connectivity index (χ2n) is 8.28. The number of unbranched alkanes of at least 4 members (excludes halogenated alkanes) is 1. The highest BCUT2D eigenvalue weighted by molar-refractivity contribution is 7.99. The standard InChI is InChI=1S/C26H32N4O2S/c1-20(2)19-27-25(32)16-7-6-15-24-28-29-26(30(24)22-13-8-14-23(31)18-22)33-17-9-12-21-10-4-3-5-11-21/h3-5,8-14,18,20,31H,6-7,15-17,19H2,1-2H3,(H,27,32)/b12-9+. The zero-order valence-electron chi connectivity index (χ0n) is 19.3. The smallest absolute Gasteiger partial charge is 0.220 e. The number of rotatable bonds is 12. The molecule has 0 aliphatic heterocycles. The maximum Gasteiger partial charge on any atom is 0.220 e. The number of aryl methyl sites for hydroxylation is 1. The Morgan fingerprint density at radius 2 is 1.94 bits per heavy atom. The average molecular weight is 465 g/mol. The summed E-state index contributed by atoms with van der Waals surface area (Å²) in [5.41, 5.74) is 1.99. The number of hydrogen-bond donors (Lipinski definition) is 2. The number of nitrogens with zero attached hydrogens (tertiary/aromatic N) is 3. The molecular formula is C26H32N4O2S. The van der Waals surface area contributed by atoms with Crippen molar-refractivity contribution in [2.24, 2.45) is 5.92 Å². The second-order valence-corrected chi connectivity index (χ2v) is 9.27. The van der Waals surface area contributed by atoms with Gasteiger partial charge >= 0.3 is 0 Å². The van der Waals surface area contributed by atoms with E-state index in [4.69, 9.17) is 0 Å². The van der Waals surface area contributed by atoms with Crippen molar-refractivity contribution < 1.29 is 9.90 Å². The van der Waals surface area contributed by atoms with E-state index >= 15 is 0 Å². The lowest BCUT2D eigenvalue weighted by molar-refractivity contribution is -0.121. The third kappa shape index (κ3) is 8.09. The Balaban J connectivity index is 1.63. The minimum Gasteiger partial charge on any atom is -0.508 e. The van der Waals surface area contributed by atoms with E-state index < -0.39 is 0 Å². The van der Waals surface area contributed by atoms with E-state index in [9.17, 15) is 9.90 Å². The first-order valence-corrected chi connectivity index (χ1v) is 12.4. The molecule has 0 saturated carbocycles. The number of carbonyl (C=O) groups is 1. The molecule has 0 aliphatic rings. The first-order chi connectivity index (χ1) is 16.0. The van der Waals surface area contributed by atoms with Crippen LogP contribution in [0, 0.1) is 5.92 Å². The number of phenolic OH excluding ortho intramolecular Hbond substituents is 1. The average Bonchev–Trinajstić information content (AvgIpc) is 3.21. The fraction of sp³-hybridized carbons (Fsp3) is 0.346. The van der Waals surface area contributed by atoms with Crippen molar-refractivity contribution in [2.75, 3.05) is 12.3 Å². The molecule has 3 aromatic rings. The highest BCUT2D eigenvalue weighted by atomic mass is 32.2. The molecule has 6 nitrogen and oxygen atoms in total. The third-order valence-electron chi connectivity index (χ3n) is 4.97. The molecule has 3 rings (SSSR count). The first kappa shape index (κ1) is 24.6. The molecular weight excluding hydrogens is 432 g/mol. The molecule has 2 aromatic carbocycles. The van der Waals surface area contributed by atoms with E-state index in [1.807, 2.05) is 34.9 Å². The van der Waals surface area contributed by atoms with Gasteiger partial charge < -0.3 is 10.4 Å². The van der Waals surface area contributed by atoms with Gasteiger partial charge in [0.2, 0.25) is 5.91 Å². The molecule has 1 aromatic heterocycles. The number of phenols is 1. The first-order valence-electron chi connectivity index (χ1n) is 11.4. The monoisotopic (exact) mass is 464 g/mol. The maximum atomic E-state index is 12.0. The van der Waals surface area contributed by atoms with Crippen molar-refractivity contribution in [3.63, 3.8) is 0 Å². The van der Waals surface area contributed by atoms with Gasteiger partial charge in [-0.1, -0.05) is 74.2 Å². The van der Waals surface area contributed by atoms with Gasteiger partial charge in [0.1, 0.15) is 11.6 Å². The second kappa shape index (κ2) is 12.8. The summed E-state index contributed by atoms with van der Waals surface area (Å²) >= 11 is 1.60. The summed E-state index contributed by atoms with van der Waals surface area (Å²) in [5.74, 6) is 2.33. The van der Waals surface area contributed by atoms with Gasteiger partial charge in [-0.15, -0.1) is 10.2 Å². The molecule has 7 heteroatoms. The Kier molecular flexibility index (Phi) is 9.57. The van der Waals surface area contributed by atoms with Crippen molar-refractivity contribution in [3.05, 3.63) is 72.1 Å². The van der Waals surface area contributed by atoms with Crippen LogP contribution in [0.25, 0.3) is 11.8 Å². The molecule has 0 spiro atoms. The lowest BCUT2D eigenvalue weighted by Crippen LogP contribution is -2.26. The van der Waals surface area contributed by atoms with Gasteiger partial charge in [0.15, 0.2) is 5.16 Å². The lowest BCUT2D eigenvalue weighted by Gasteiger charge is -2.10. The topological polar surface area (TPSA) is 80.0 Å². The summed E-state index contributed by atoms with van der Waals surface area (Å²) in [6, 6.07) is 17.3. The summed E-state index contributed by atoms with van der Waals surface area (Å²) in [7, 11) is 0. The molecule has 0 atom stereocenters. The molecule has 0 aliphatic carbocycles. The normalized spacial score (nSPS) is 11.4. The fourth-order valence-corrected chi connectivity index (χ4v) is 4.07. The van der Waals surface area contributed by atoms with Crippen LogP contribution in [0.2, 0.25) is 0 Å². The number of amides is 1. The van der Waals surface area contributed by atoms with Crippen LogP contribution < -0.4 is 5.32 Å². The highest BCUT2D eigenvalue weighted by Crippen LogP contribution is 2.25. The Bertz CT molecular complexity index is 1050. The molecule has 0 radical (unpaired) electrons. The number of thioether (sulfide) groups is 1. The number of carbonyl (C=O) groups excluding carboxylic acids is 1. The minimum absolute atomic E-state index is 0.0968. The summed E-state index contributed by atoms with van der Waals surface area (Å²) in [6.07, 6.45) is 7.05. The highest BCUT2D eigenvalue weighted by Gasteiger charge is 2.15. The molecule has 1 amide bonds. The van der Waals surface area contributed by atoms with E-state index in [-0.39, 0.29) is 11.7 Å². The Morgan fingerprint density at radius 1 is 1.12 bits per heavy atom. The van der Waals surface area contributed by atoms with Crippen molar-refractivity contribution in [1.82, 2.24) is 20.1 Å². The molecule has 174 valence electrons. The van der Waals surface area contributed by atoms with Crippen molar-refractivity contribution in [1.29, 1.82) is 0 Å². The lowest BCUT2D eigenvalue weighted by atomic mass is 10.1. The van der Waals surface area contributed by atoms with E-state index in [0.717, 1.165) is 40.8 Å². The fourth-order valence-electron chi connectivity index (χ4n) is 3.29. The number of benzene rings is 2. The predicted molar refractivity (Wildman–Crippen MR) is 135 cm³/mol. The van der Waals surface area contributed by atoms with Crippen LogP contribution in [0.1, 0.15) is 44.5 Å². The van der Waals surface area contributed by atoms with E-state index in [1.165, 1.54) is 0 Å². The Hall–Kier alpha value is -3.06. The summed E-state index contributed by atoms with van der Waals surface area (Å²) in [6.45, 7) is 4.88. The number of hydrogen-bond acceptors (Lipinski definition) is 5. The predicted octanol–water partition coefficient (Wildman–Crippen LogP) is 5.26. The van der Waals surface area contributed by atoms with Crippen LogP contribution in [0.5, 0.6) is 5.75 Å². The van der Waals surface area contributed by atoms with Crippen LogP contribution in [-0.2, 0) is 11.2 Å². The van der Waals surface area contributed by atoms with E-state index in [0.29, 0.717) is 25.3 Å². The van der Waals surface area contributed by atoms with Gasteiger partial charge in [0.05, 0.1) is 5.69 Å². The number of aromatic hydroxyl groups is 1. The van der Waals surface area contributed by atoms with Crippen molar-refractivity contribution in [3.8, 4) is 11.4 Å². The summed E-state index contributed by atoms with van der Waals surface area (Å²) < 4.78 is 2.00. The van der Waals surface area contributed by atoms with Crippen LogP contribution in [0.15, 0.2) is 65.8 Å². The van der Waals surface area contributed by atoms with Gasteiger partial charge in [-0.05, 0) is 36.5 Å². The third-order valence-corrected chi connectivity index (χ3v) is 5.85. The van der Waals surface area contributed by atoms with E-state index in [1.54, 1.807) is 23.9 Å². The van der Waals surface area contributed by atoms with E-state index in [2.05, 4.69) is 53.6 Å². The van der Waals surface area contributed by atoms with Gasteiger partial charge in [0, 0.05) is 31.2 Å². The summed E-state index contributed by atoms with van der Waals surface area (Å²) in [5, 5.41) is 22.6. The van der Waals surface area contributed by atoms with Gasteiger partial charge in [0.25, 0.3) is 0 Å². The number of aromatic nitrogens is 3. The van der Waals surface area contributed by atoms with Gasteiger partial charge in [-0.25, -0.2) is 0 Å².